The molecule has 1 aromatic carbocycles. The van der Waals surface area contributed by atoms with Crippen LogP contribution in [-0.4, -0.2) is 12.5 Å². The van der Waals surface area contributed by atoms with Crippen molar-refractivity contribution in [2.24, 2.45) is 0 Å². The van der Waals surface area contributed by atoms with Gasteiger partial charge >= 0.3 is 0 Å². The molecule has 0 unspecified atom stereocenters. The molecule has 0 saturated heterocycles. The lowest BCUT2D eigenvalue weighted by molar-refractivity contribution is -0.123. The van der Waals surface area contributed by atoms with Crippen molar-refractivity contribution < 1.29 is 18.3 Å². The van der Waals surface area contributed by atoms with E-state index in [1.807, 2.05) is 19.9 Å². The van der Waals surface area contributed by atoms with Gasteiger partial charge in [-0.3, -0.25) is 4.79 Å². The van der Waals surface area contributed by atoms with Crippen molar-refractivity contribution in [3.8, 4) is 5.75 Å². The van der Waals surface area contributed by atoms with Crippen LogP contribution in [-0.2, 0) is 11.3 Å². The maximum atomic E-state index is 12.7. The van der Waals surface area contributed by atoms with E-state index in [0.29, 0.717) is 12.3 Å². The first-order chi connectivity index (χ1) is 9.54. The van der Waals surface area contributed by atoms with Crippen molar-refractivity contribution in [2.45, 2.75) is 20.4 Å². The Morgan fingerprint density at radius 1 is 1.30 bits per heavy atom. The van der Waals surface area contributed by atoms with Crippen LogP contribution in [0.5, 0.6) is 5.75 Å². The zero-order valence-corrected chi connectivity index (χ0v) is 11.4. The SMILES string of the molecule is Cc1cc(CNC(=O)COc2ccc(F)cc2)c(C)o1. The number of amides is 1. The Morgan fingerprint density at radius 2 is 2.00 bits per heavy atom. The number of ether oxygens (including phenoxy) is 1. The van der Waals surface area contributed by atoms with Gasteiger partial charge in [-0.2, -0.15) is 0 Å². The Morgan fingerprint density at radius 3 is 2.60 bits per heavy atom. The van der Waals surface area contributed by atoms with Gasteiger partial charge in [-0.05, 0) is 44.2 Å². The summed E-state index contributed by atoms with van der Waals surface area (Å²) in [4.78, 5) is 11.6. The predicted molar refractivity (Wildman–Crippen MR) is 71.9 cm³/mol. The number of halogens is 1. The van der Waals surface area contributed by atoms with Crippen LogP contribution < -0.4 is 10.1 Å². The first kappa shape index (κ1) is 14.1. The van der Waals surface area contributed by atoms with E-state index in [1.54, 1.807) is 0 Å². The second kappa shape index (κ2) is 6.23. The molecule has 0 aliphatic rings. The molecule has 4 nitrogen and oxygen atoms in total. The molecule has 0 saturated carbocycles. The molecule has 0 fully saturated rings. The van der Waals surface area contributed by atoms with Gasteiger partial charge in [0.25, 0.3) is 5.91 Å². The largest absolute Gasteiger partial charge is 0.484 e. The molecule has 1 amide bonds. The van der Waals surface area contributed by atoms with Gasteiger partial charge in [-0.15, -0.1) is 0 Å². The fraction of sp³-hybridized carbons (Fsp3) is 0.267. The number of carbonyl (C=O) groups excluding carboxylic acids is 1. The van der Waals surface area contributed by atoms with Gasteiger partial charge < -0.3 is 14.5 Å². The summed E-state index contributed by atoms with van der Waals surface area (Å²) in [5.41, 5.74) is 0.942. The molecule has 0 aliphatic carbocycles. The molecule has 20 heavy (non-hydrogen) atoms. The minimum atomic E-state index is -0.340. The smallest absolute Gasteiger partial charge is 0.258 e. The highest BCUT2D eigenvalue weighted by Crippen LogP contribution is 2.13. The number of rotatable bonds is 5. The second-order valence-electron chi connectivity index (χ2n) is 4.46. The van der Waals surface area contributed by atoms with E-state index in [9.17, 15) is 9.18 Å². The van der Waals surface area contributed by atoms with Gasteiger partial charge in [0.1, 0.15) is 23.1 Å². The lowest BCUT2D eigenvalue weighted by Gasteiger charge is -2.07. The van der Waals surface area contributed by atoms with Crippen LogP contribution in [0.1, 0.15) is 17.1 Å². The number of furan rings is 1. The Kier molecular flexibility index (Phi) is 4.40. The second-order valence-corrected chi connectivity index (χ2v) is 4.46. The molecular formula is C15H16FNO3. The van der Waals surface area contributed by atoms with Gasteiger partial charge in [-0.25, -0.2) is 4.39 Å². The molecule has 2 aromatic rings. The Hall–Kier alpha value is -2.30. The number of benzene rings is 1. The van der Waals surface area contributed by atoms with Crippen LogP contribution in [0.3, 0.4) is 0 Å². The fourth-order valence-corrected chi connectivity index (χ4v) is 1.78. The minimum Gasteiger partial charge on any atom is -0.484 e. The molecule has 1 aromatic heterocycles. The van der Waals surface area contributed by atoms with E-state index in [1.165, 1.54) is 24.3 Å². The highest BCUT2D eigenvalue weighted by atomic mass is 19.1. The summed E-state index contributed by atoms with van der Waals surface area (Å²) < 4.78 is 23.3. The van der Waals surface area contributed by atoms with Crippen molar-refractivity contribution in [2.75, 3.05) is 6.61 Å². The molecule has 5 heteroatoms. The zero-order valence-electron chi connectivity index (χ0n) is 11.4. The van der Waals surface area contributed by atoms with Crippen LogP contribution in [0.4, 0.5) is 4.39 Å². The third-order valence-electron chi connectivity index (χ3n) is 2.80. The van der Waals surface area contributed by atoms with E-state index >= 15 is 0 Å². The summed E-state index contributed by atoms with van der Waals surface area (Å²) >= 11 is 0. The molecule has 1 N–H and O–H groups in total. The van der Waals surface area contributed by atoms with Crippen molar-refractivity contribution in [1.82, 2.24) is 5.32 Å². The van der Waals surface area contributed by atoms with E-state index in [4.69, 9.17) is 9.15 Å². The van der Waals surface area contributed by atoms with Gasteiger partial charge in [0.05, 0.1) is 0 Å². The normalized spacial score (nSPS) is 10.3. The quantitative estimate of drug-likeness (QED) is 0.914. The number of hydrogen-bond donors (Lipinski definition) is 1. The molecule has 1 heterocycles. The Balaban J connectivity index is 1.78. The highest BCUT2D eigenvalue weighted by molar-refractivity contribution is 5.77. The predicted octanol–water partition coefficient (Wildman–Crippen LogP) is 2.73. The molecule has 106 valence electrons. The summed E-state index contributed by atoms with van der Waals surface area (Å²) in [5.74, 6) is 1.48. The monoisotopic (exact) mass is 277 g/mol. The van der Waals surface area contributed by atoms with E-state index in [-0.39, 0.29) is 18.3 Å². The summed E-state index contributed by atoms with van der Waals surface area (Å²) in [6.45, 7) is 4.00. The molecule has 0 aliphatic heterocycles. The summed E-state index contributed by atoms with van der Waals surface area (Å²) in [7, 11) is 0. The average molecular weight is 277 g/mol. The summed E-state index contributed by atoms with van der Waals surface area (Å²) in [6, 6.07) is 7.41. The van der Waals surface area contributed by atoms with Gasteiger partial charge in [0.15, 0.2) is 6.61 Å². The van der Waals surface area contributed by atoms with Gasteiger partial charge in [-0.1, -0.05) is 0 Å². The van der Waals surface area contributed by atoms with Crippen LogP contribution in [0.25, 0.3) is 0 Å². The number of carbonyl (C=O) groups is 1. The topological polar surface area (TPSA) is 51.5 Å². The molecule has 0 radical (unpaired) electrons. The van der Waals surface area contributed by atoms with Gasteiger partial charge in [0, 0.05) is 12.1 Å². The van der Waals surface area contributed by atoms with Crippen molar-refractivity contribution >= 4 is 5.91 Å². The third kappa shape index (κ3) is 3.85. The maximum Gasteiger partial charge on any atom is 0.258 e. The standard InChI is InChI=1S/C15H16FNO3/c1-10-7-12(11(2)20-10)8-17-15(18)9-19-14-5-3-13(16)4-6-14/h3-7H,8-9H2,1-2H3,(H,17,18). The van der Waals surface area contributed by atoms with Crippen molar-refractivity contribution in [3.05, 3.63) is 53.2 Å². The summed E-state index contributed by atoms with van der Waals surface area (Å²) in [5, 5.41) is 2.74. The third-order valence-corrected chi connectivity index (χ3v) is 2.80. The van der Waals surface area contributed by atoms with Crippen LogP contribution in [0.2, 0.25) is 0 Å². The van der Waals surface area contributed by atoms with Crippen molar-refractivity contribution in [1.29, 1.82) is 0 Å². The zero-order chi connectivity index (χ0) is 14.5. The highest BCUT2D eigenvalue weighted by Gasteiger charge is 2.07. The molecule has 0 bridgehead atoms. The first-order valence-electron chi connectivity index (χ1n) is 6.25. The maximum absolute atomic E-state index is 12.7. The average Bonchev–Trinajstić information content (AvgIpc) is 2.74. The molecule has 0 spiro atoms. The summed E-state index contributed by atoms with van der Waals surface area (Å²) in [6.07, 6.45) is 0. The van der Waals surface area contributed by atoms with Crippen LogP contribution in [0.15, 0.2) is 34.7 Å². The van der Waals surface area contributed by atoms with E-state index < -0.39 is 0 Å². The Bertz CT molecular complexity index is 590. The van der Waals surface area contributed by atoms with Crippen molar-refractivity contribution in [3.63, 3.8) is 0 Å². The first-order valence-corrected chi connectivity index (χ1v) is 6.25. The molecule has 2 rings (SSSR count). The lowest BCUT2D eigenvalue weighted by Crippen LogP contribution is -2.28. The lowest BCUT2D eigenvalue weighted by atomic mass is 10.2. The molecule has 0 atom stereocenters. The van der Waals surface area contributed by atoms with Gasteiger partial charge in [0.2, 0.25) is 0 Å². The number of nitrogens with one attached hydrogen (secondary N) is 1. The van der Waals surface area contributed by atoms with Crippen LogP contribution >= 0.6 is 0 Å². The number of hydrogen-bond acceptors (Lipinski definition) is 3. The fourth-order valence-electron chi connectivity index (χ4n) is 1.78. The van der Waals surface area contributed by atoms with Crippen LogP contribution in [0, 0.1) is 19.7 Å². The Labute approximate surface area is 116 Å². The minimum absolute atomic E-state index is 0.110. The van der Waals surface area contributed by atoms with E-state index in [2.05, 4.69) is 5.32 Å². The molecular weight excluding hydrogens is 261 g/mol. The van der Waals surface area contributed by atoms with E-state index in [0.717, 1.165) is 17.1 Å². The number of aryl methyl sites for hydroxylation is 2.